The molecule has 0 fully saturated rings. The van der Waals surface area contributed by atoms with Gasteiger partial charge in [0.05, 0.1) is 17.6 Å². The van der Waals surface area contributed by atoms with Crippen molar-refractivity contribution in [3.05, 3.63) is 54.5 Å². The van der Waals surface area contributed by atoms with Crippen LogP contribution in [-0.4, -0.2) is 32.9 Å². The highest BCUT2D eigenvalue weighted by Gasteiger charge is 2.12. The minimum Gasteiger partial charge on any atom is -0.507 e. The van der Waals surface area contributed by atoms with Gasteiger partial charge in [-0.25, -0.2) is 9.37 Å². The number of hydrogen-bond acceptors (Lipinski definition) is 7. The van der Waals surface area contributed by atoms with Crippen molar-refractivity contribution in [2.75, 3.05) is 22.9 Å². The van der Waals surface area contributed by atoms with Crippen LogP contribution >= 0.6 is 0 Å². The van der Waals surface area contributed by atoms with Gasteiger partial charge in [0.1, 0.15) is 17.4 Å². The van der Waals surface area contributed by atoms with Crippen LogP contribution in [0.5, 0.6) is 5.75 Å². The van der Waals surface area contributed by atoms with Gasteiger partial charge in [0.15, 0.2) is 5.82 Å². The highest BCUT2D eigenvalue weighted by Crippen LogP contribution is 2.29. The van der Waals surface area contributed by atoms with E-state index in [2.05, 4.69) is 25.8 Å². The molecule has 8 heteroatoms. The van der Waals surface area contributed by atoms with E-state index in [4.69, 9.17) is 5.73 Å². The monoisotopic (exact) mass is 368 g/mol. The number of nitrogens with one attached hydrogen (secondary N) is 2. The molecule has 0 bridgehead atoms. The summed E-state index contributed by atoms with van der Waals surface area (Å²) in [6, 6.07) is 11.7. The summed E-state index contributed by atoms with van der Waals surface area (Å²) in [5.41, 5.74) is 7.65. The Bertz CT molecular complexity index is 903. The third-order valence-electron chi connectivity index (χ3n) is 4.11. The molecule has 3 aromatic rings. The van der Waals surface area contributed by atoms with Crippen LogP contribution in [0.4, 0.5) is 21.7 Å². The lowest BCUT2D eigenvalue weighted by atomic mass is 10.1. The third-order valence-corrected chi connectivity index (χ3v) is 4.11. The Morgan fingerprint density at radius 2 is 2.00 bits per heavy atom. The Kier molecular flexibility index (Phi) is 5.65. The molecule has 5 N–H and O–H groups in total. The quantitative estimate of drug-likeness (QED) is 0.507. The van der Waals surface area contributed by atoms with E-state index in [-0.39, 0.29) is 23.4 Å². The van der Waals surface area contributed by atoms with Gasteiger partial charge in [-0.3, -0.25) is 0 Å². The molecular formula is C19H21FN6O. The van der Waals surface area contributed by atoms with Crippen LogP contribution in [0.25, 0.3) is 11.3 Å². The first-order valence-electron chi connectivity index (χ1n) is 8.60. The van der Waals surface area contributed by atoms with Crippen LogP contribution in [0.15, 0.2) is 48.7 Å². The van der Waals surface area contributed by atoms with Crippen molar-refractivity contribution in [3.8, 4) is 17.0 Å². The van der Waals surface area contributed by atoms with Crippen molar-refractivity contribution in [3.63, 3.8) is 0 Å². The van der Waals surface area contributed by atoms with Gasteiger partial charge in [-0.1, -0.05) is 19.1 Å². The minimum absolute atomic E-state index is 0.0455. The highest BCUT2D eigenvalue weighted by molar-refractivity contribution is 5.73. The maximum atomic E-state index is 13.0. The topological polar surface area (TPSA) is 109 Å². The number of phenols is 1. The zero-order valence-electron chi connectivity index (χ0n) is 14.9. The molecule has 0 saturated heterocycles. The molecule has 1 unspecified atom stereocenters. The highest BCUT2D eigenvalue weighted by atomic mass is 19.1. The van der Waals surface area contributed by atoms with Crippen molar-refractivity contribution in [2.24, 2.45) is 0 Å². The van der Waals surface area contributed by atoms with Gasteiger partial charge in [-0.15, -0.1) is 10.2 Å². The Morgan fingerprint density at radius 3 is 2.70 bits per heavy atom. The van der Waals surface area contributed by atoms with E-state index in [1.54, 1.807) is 30.3 Å². The first kappa shape index (κ1) is 18.4. The summed E-state index contributed by atoms with van der Waals surface area (Å²) in [6.45, 7) is 2.58. The molecule has 0 amide bonds. The number of nitrogens with two attached hydrogens (primary N) is 1. The van der Waals surface area contributed by atoms with Gasteiger partial charge in [0.2, 0.25) is 0 Å². The fourth-order valence-electron chi connectivity index (χ4n) is 2.57. The summed E-state index contributed by atoms with van der Waals surface area (Å²) in [5, 5.41) is 24.5. The van der Waals surface area contributed by atoms with Gasteiger partial charge in [-0.05, 0) is 36.8 Å². The first-order valence-corrected chi connectivity index (χ1v) is 8.60. The molecule has 1 atom stereocenters. The lowest BCUT2D eigenvalue weighted by Gasteiger charge is -2.19. The fraction of sp³-hybridized carbons (Fsp3) is 0.211. The zero-order chi connectivity index (χ0) is 19.2. The second kappa shape index (κ2) is 8.31. The number of rotatable bonds is 7. The molecule has 27 heavy (non-hydrogen) atoms. The molecule has 2 heterocycles. The van der Waals surface area contributed by atoms with Crippen LogP contribution in [0.1, 0.15) is 13.3 Å². The number of para-hydroxylation sites is 1. The minimum atomic E-state index is -0.376. The molecule has 0 spiro atoms. The number of nitrogen functional groups attached to an aromatic ring is 1. The number of phenolic OH excluding ortho intramolecular Hbond substituents is 1. The average molecular weight is 368 g/mol. The summed E-state index contributed by atoms with van der Waals surface area (Å²) < 4.78 is 13.0. The first-order chi connectivity index (χ1) is 13.1. The van der Waals surface area contributed by atoms with Gasteiger partial charge < -0.3 is 21.5 Å². The van der Waals surface area contributed by atoms with Crippen molar-refractivity contribution < 1.29 is 9.50 Å². The number of aromatic nitrogens is 3. The van der Waals surface area contributed by atoms with E-state index in [1.165, 1.54) is 12.3 Å². The van der Waals surface area contributed by atoms with Crippen LogP contribution in [-0.2, 0) is 0 Å². The Hall–Kier alpha value is -3.42. The molecule has 0 radical (unpaired) electrons. The van der Waals surface area contributed by atoms with Crippen molar-refractivity contribution in [1.29, 1.82) is 0 Å². The van der Waals surface area contributed by atoms with Crippen LogP contribution in [0.2, 0.25) is 0 Å². The van der Waals surface area contributed by atoms with Crippen LogP contribution in [0, 0.1) is 5.82 Å². The lowest BCUT2D eigenvalue weighted by Crippen LogP contribution is -2.28. The summed E-state index contributed by atoms with van der Waals surface area (Å²) in [5.74, 6) is 0.613. The Labute approximate surface area is 156 Å². The maximum Gasteiger partial charge on any atom is 0.169 e. The largest absolute Gasteiger partial charge is 0.507 e. The van der Waals surface area contributed by atoms with E-state index >= 15 is 0 Å². The number of halogens is 1. The van der Waals surface area contributed by atoms with Gasteiger partial charge in [-0.2, -0.15) is 0 Å². The SMILES string of the molecule is CCC(CNc1cc(-c2ccccc2O)nnc1N)Nc1ccc(F)cn1. The average Bonchev–Trinajstić information content (AvgIpc) is 2.68. The molecule has 2 aromatic heterocycles. The van der Waals surface area contributed by atoms with Gasteiger partial charge >= 0.3 is 0 Å². The number of aromatic hydroxyl groups is 1. The van der Waals surface area contributed by atoms with Crippen molar-refractivity contribution in [2.45, 2.75) is 19.4 Å². The van der Waals surface area contributed by atoms with E-state index in [1.807, 2.05) is 13.0 Å². The number of hydrogen-bond donors (Lipinski definition) is 4. The van der Waals surface area contributed by atoms with E-state index in [0.29, 0.717) is 29.3 Å². The second-order valence-electron chi connectivity index (χ2n) is 6.04. The zero-order valence-corrected chi connectivity index (χ0v) is 14.9. The van der Waals surface area contributed by atoms with Crippen molar-refractivity contribution >= 4 is 17.3 Å². The van der Waals surface area contributed by atoms with E-state index in [9.17, 15) is 9.50 Å². The predicted molar refractivity (Wildman–Crippen MR) is 104 cm³/mol. The smallest absolute Gasteiger partial charge is 0.169 e. The number of pyridine rings is 1. The lowest BCUT2D eigenvalue weighted by molar-refractivity contribution is 0.477. The summed E-state index contributed by atoms with van der Waals surface area (Å²) in [6.07, 6.45) is 1.99. The molecule has 0 aliphatic heterocycles. The van der Waals surface area contributed by atoms with Crippen LogP contribution in [0.3, 0.4) is 0 Å². The number of benzene rings is 1. The molecule has 1 aromatic carbocycles. The number of nitrogens with zero attached hydrogens (tertiary/aromatic N) is 3. The molecule has 7 nitrogen and oxygen atoms in total. The fourth-order valence-corrected chi connectivity index (χ4v) is 2.57. The number of anilines is 3. The second-order valence-corrected chi connectivity index (χ2v) is 6.04. The Morgan fingerprint density at radius 1 is 1.19 bits per heavy atom. The predicted octanol–water partition coefficient (Wildman–Crippen LogP) is 3.27. The molecule has 3 rings (SSSR count). The van der Waals surface area contributed by atoms with Gasteiger partial charge in [0, 0.05) is 18.2 Å². The van der Waals surface area contributed by atoms with Gasteiger partial charge in [0.25, 0.3) is 0 Å². The maximum absolute atomic E-state index is 13.0. The molecule has 140 valence electrons. The third kappa shape index (κ3) is 4.60. The normalized spacial score (nSPS) is 11.8. The molecule has 0 aliphatic carbocycles. The molecule has 0 aliphatic rings. The van der Waals surface area contributed by atoms with Crippen molar-refractivity contribution in [1.82, 2.24) is 15.2 Å². The van der Waals surface area contributed by atoms with E-state index in [0.717, 1.165) is 6.42 Å². The summed E-state index contributed by atoms with van der Waals surface area (Å²) >= 11 is 0. The van der Waals surface area contributed by atoms with E-state index < -0.39 is 0 Å². The van der Waals surface area contributed by atoms with Crippen LogP contribution < -0.4 is 16.4 Å². The summed E-state index contributed by atoms with van der Waals surface area (Å²) in [7, 11) is 0. The molecular weight excluding hydrogens is 347 g/mol. The summed E-state index contributed by atoms with van der Waals surface area (Å²) in [4.78, 5) is 4.01. The standard InChI is InChI=1S/C19H21FN6O/c1-2-13(24-18-8-7-12(20)10-23-18)11-22-16-9-15(25-26-19(16)21)14-5-3-4-6-17(14)27/h3-10,13,27H,2,11H2,1H3,(H2,21,26)(H,22,25)(H,23,24). The Balaban J connectivity index is 1.71. The molecule has 0 saturated carbocycles.